The number of carbonyl (C=O) groups excluding carboxylic acids is 3. The van der Waals surface area contributed by atoms with Crippen LogP contribution in [0.15, 0.2) is 59.1 Å². The minimum Gasteiger partial charge on any atom is -0.462 e. The molecule has 0 fully saturated rings. The van der Waals surface area contributed by atoms with Crippen LogP contribution in [0, 0.1) is 0 Å². The third-order valence-corrected chi connectivity index (χ3v) is 7.93. The summed E-state index contributed by atoms with van der Waals surface area (Å²) in [5, 5.41) is 0.669. The fourth-order valence-corrected chi connectivity index (χ4v) is 6.14. The van der Waals surface area contributed by atoms with Crippen LogP contribution in [0.25, 0.3) is 0 Å². The van der Waals surface area contributed by atoms with Crippen LogP contribution < -0.4 is 15.5 Å². The minimum atomic E-state index is -1.74. The molecule has 0 bridgehead atoms. The first-order valence-electron chi connectivity index (χ1n) is 11.4. The van der Waals surface area contributed by atoms with Crippen molar-refractivity contribution < 1.29 is 19.1 Å². The molecule has 1 unspecified atom stereocenters. The van der Waals surface area contributed by atoms with Crippen LogP contribution in [-0.4, -0.2) is 31.3 Å². The fraction of sp³-hybridized carbons (Fsp3) is 0.269. The Hall–Kier alpha value is -3.00. The molecule has 2 aliphatic heterocycles. The molecule has 2 aromatic rings. The maximum atomic E-state index is 14.2. The van der Waals surface area contributed by atoms with Crippen molar-refractivity contribution in [1.82, 2.24) is 0 Å². The number of hydrogen-bond acceptors (Lipinski definition) is 6. The number of ether oxygens (including phenoxy) is 1. The summed E-state index contributed by atoms with van der Waals surface area (Å²) in [6.45, 7) is 1.70. The number of ketones is 1. The standard InChI is InChI=1S/C26H22Cl3N3O4/c1-3-36-24(34)22-23(30)32(19-12-15(28)14(27)11-16(19)29)18-9-6-10-20(33)21(18)26(22)13-7-4-5-8-17(13)31(2)25(26)35/h4-5,7-8,11-12H,3,6,9-10,30H2,1-2H3. The molecular formula is C26H22Cl3N3O4. The van der Waals surface area contributed by atoms with Gasteiger partial charge in [-0.2, -0.15) is 0 Å². The zero-order valence-electron chi connectivity index (χ0n) is 19.5. The van der Waals surface area contributed by atoms with E-state index in [-0.39, 0.29) is 50.8 Å². The number of halogens is 3. The molecule has 1 atom stereocenters. The highest BCUT2D eigenvalue weighted by molar-refractivity contribution is 6.44. The van der Waals surface area contributed by atoms with Crippen LogP contribution in [0.1, 0.15) is 31.7 Å². The number of hydrogen-bond donors (Lipinski definition) is 1. The van der Waals surface area contributed by atoms with E-state index < -0.39 is 17.3 Å². The van der Waals surface area contributed by atoms with Crippen LogP contribution >= 0.6 is 34.8 Å². The maximum Gasteiger partial charge on any atom is 0.339 e. The number of likely N-dealkylation sites (N-methyl/N-ethyl adjacent to an activating group) is 1. The van der Waals surface area contributed by atoms with Gasteiger partial charge in [0.2, 0.25) is 5.91 Å². The SMILES string of the molecule is CCOC(=O)C1=C(N)N(c2cc(Cl)c(Cl)cc2Cl)C2=C(C(=O)CCC2)C12C(=O)N(C)c1ccccc12. The molecule has 2 N–H and O–H groups in total. The van der Waals surface area contributed by atoms with Gasteiger partial charge in [0.1, 0.15) is 16.8 Å². The number of nitrogens with two attached hydrogens (primary N) is 1. The Balaban J connectivity index is 1.93. The molecular weight excluding hydrogens is 525 g/mol. The topological polar surface area (TPSA) is 92.9 Å². The minimum absolute atomic E-state index is 0.0464. The van der Waals surface area contributed by atoms with Gasteiger partial charge in [0.25, 0.3) is 0 Å². The third-order valence-electron chi connectivity index (χ3n) is 6.91. The molecule has 2 heterocycles. The average molecular weight is 547 g/mol. The summed E-state index contributed by atoms with van der Waals surface area (Å²) in [7, 11) is 1.62. The normalized spacial score (nSPS) is 21.4. The molecule has 1 aliphatic carbocycles. The summed E-state index contributed by atoms with van der Waals surface area (Å²) in [4.78, 5) is 44.5. The molecule has 186 valence electrons. The van der Waals surface area contributed by atoms with Crippen molar-refractivity contribution >= 4 is 63.8 Å². The van der Waals surface area contributed by atoms with Crippen molar-refractivity contribution in [2.75, 3.05) is 23.5 Å². The fourth-order valence-electron chi connectivity index (χ4n) is 5.51. The van der Waals surface area contributed by atoms with E-state index in [2.05, 4.69) is 0 Å². The quantitative estimate of drug-likeness (QED) is 0.424. The van der Waals surface area contributed by atoms with E-state index >= 15 is 0 Å². The van der Waals surface area contributed by atoms with Crippen LogP contribution in [0.3, 0.4) is 0 Å². The molecule has 36 heavy (non-hydrogen) atoms. The van der Waals surface area contributed by atoms with Crippen molar-refractivity contribution in [1.29, 1.82) is 0 Å². The second kappa shape index (κ2) is 8.83. The van der Waals surface area contributed by atoms with E-state index in [1.54, 1.807) is 43.1 Å². The molecule has 10 heteroatoms. The number of fused-ring (bicyclic) bond motifs is 3. The van der Waals surface area contributed by atoms with E-state index in [1.165, 1.54) is 17.0 Å². The third kappa shape index (κ3) is 3.23. The first kappa shape index (κ1) is 24.7. The van der Waals surface area contributed by atoms with Gasteiger partial charge in [-0.15, -0.1) is 0 Å². The van der Waals surface area contributed by atoms with Gasteiger partial charge in [-0.1, -0.05) is 53.0 Å². The number of Topliss-reactive ketones (excluding diaryl/α,β-unsaturated/α-hetero) is 1. The first-order chi connectivity index (χ1) is 17.2. The zero-order valence-corrected chi connectivity index (χ0v) is 21.8. The van der Waals surface area contributed by atoms with Gasteiger partial charge in [-0.05, 0) is 38.0 Å². The van der Waals surface area contributed by atoms with Crippen LogP contribution in [0.2, 0.25) is 15.1 Å². The highest BCUT2D eigenvalue weighted by Crippen LogP contribution is 2.57. The second-order valence-corrected chi connectivity index (χ2v) is 9.99. The van der Waals surface area contributed by atoms with Gasteiger partial charge in [-0.3, -0.25) is 14.5 Å². The maximum absolute atomic E-state index is 14.2. The predicted octanol–water partition coefficient (Wildman–Crippen LogP) is 5.12. The van der Waals surface area contributed by atoms with Crippen molar-refractivity contribution in [3.63, 3.8) is 0 Å². The monoisotopic (exact) mass is 545 g/mol. The molecule has 2 aromatic carbocycles. The Morgan fingerprint density at radius 1 is 1.06 bits per heavy atom. The Kier molecular flexibility index (Phi) is 6.06. The number of amides is 1. The van der Waals surface area contributed by atoms with E-state index in [9.17, 15) is 14.4 Å². The number of anilines is 2. The molecule has 1 amide bonds. The molecule has 0 aromatic heterocycles. The van der Waals surface area contributed by atoms with Crippen LogP contribution in [-0.2, 0) is 24.5 Å². The van der Waals surface area contributed by atoms with Gasteiger partial charge < -0.3 is 15.4 Å². The lowest BCUT2D eigenvalue weighted by atomic mass is 9.63. The zero-order chi connectivity index (χ0) is 25.9. The van der Waals surface area contributed by atoms with Crippen molar-refractivity contribution in [2.45, 2.75) is 31.6 Å². The second-order valence-electron chi connectivity index (χ2n) is 8.76. The first-order valence-corrected chi connectivity index (χ1v) is 12.6. The Labute approximate surface area is 223 Å². The van der Waals surface area contributed by atoms with Crippen molar-refractivity contribution in [2.24, 2.45) is 5.73 Å². The number of benzene rings is 2. The number of allylic oxidation sites excluding steroid dienone is 1. The van der Waals surface area contributed by atoms with Gasteiger partial charge in [0.05, 0.1) is 27.4 Å². The smallest absolute Gasteiger partial charge is 0.339 e. The Morgan fingerprint density at radius 2 is 1.75 bits per heavy atom. The predicted molar refractivity (Wildman–Crippen MR) is 139 cm³/mol. The van der Waals surface area contributed by atoms with Crippen LogP contribution in [0.4, 0.5) is 11.4 Å². The summed E-state index contributed by atoms with van der Waals surface area (Å²) in [5.41, 5.74) is 7.04. The summed E-state index contributed by atoms with van der Waals surface area (Å²) in [5.74, 6) is -1.54. The van der Waals surface area contributed by atoms with E-state index in [4.69, 9.17) is 45.3 Å². The largest absolute Gasteiger partial charge is 0.462 e. The molecule has 5 rings (SSSR count). The number of carbonyl (C=O) groups is 3. The van der Waals surface area contributed by atoms with Gasteiger partial charge in [0.15, 0.2) is 5.78 Å². The lowest BCUT2D eigenvalue weighted by Crippen LogP contribution is -2.54. The highest BCUT2D eigenvalue weighted by Gasteiger charge is 2.63. The molecule has 7 nitrogen and oxygen atoms in total. The highest BCUT2D eigenvalue weighted by atomic mass is 35.5. The van der Waals surface area contributed by atoms with Crippen LogP contribution in [0.5, 0.6) is 0 Å². The van der Waals surface area contributed by atoms with Gasteiger partial charge >= 0.3 is 5.97 Å². The molecule has 0 saturated carbocycles. The lowest BCUT2D eigenvalue weighted by Gasteiger charge is -2.44. The van der Waals surface area contributed by atoms with E-state index in [0.717, 1.165) is 0 Å². The molecule has 0 radical (unpaired) electrons. The Morgan fingerprint density at radius 3 is 2.47 bits per heavy atom. The molecule has 3 aliphatic rings. The number of nitrogens with zero attached hydrogens (tertiary/aromatic N) is 2. The molecule has 0 saturated heterocycles. The summed E-state index contributed by atoms with van der Waals surface area (Å²) < 4.78 is 5.42. The number of para-hydroxylation sites is 1. The van der Waals surface area contributed by atoms with Gasteiger partial charge in [-0.25, -0.2) is 4.79 Å². The van der Waals surface area contributed by atoms with Gasteiger partial charge in [0, 0.05) is 36.0 Å². The van der Waals surface area contributed by atoms with E-state index in [0.29, 0.717) is 35.5 Å². The average Bonchev–Trinajstić information content (AvgIpc) is 3.05. The van der Waals surface area contributed by atoms with Crippen molar-refractivity contribution in [3.05, 3.63) is 79.7 Å². The number of rotatable bonds is 3. The number of esters is 1. The van der Waals surface area contributed by atoms with Crippen molar-refractivity contribution in [3.8, 4) is 0 Å². The van der Waals surface area contributed by atoms with E-state index in [1.807, 2.05) is 0 Å². The summed E-state index contributed by atoms with van der Waals surface area (Å²) in [6.07, 6.45) is 1.19. The molecule has 1 spiro atoms. The Bertz CT molecular complexity index is 1420. The summed E-state index contributed by atoms with van der Waals surface area (Å²) in [6, 6.07) is 10.1. The lowest BCUT2D eigenvalue weighted by molar-refractivity contribution is -0.140. The summed E-state index contributed by atoms with van der Waals surface area (Å²) >= 11 is 19.1.